The lowest BCUT2D eigenvalue weighted by atomic mass is 10.1. The van der Waals surface area contributed by atoms with Crippen LogP contribution in [0.4, 0.5) is 5.69 Å². The summed E-state index contributed by atoms with van der Waals surface area (Å²) >= 11 is 0. The second kappa shape index (κ2) is 5.62. The highest BCUT2D eigenvalue weighted by atomic mass is 16.4. The van der Waals surface area contributed by atoms with Gasteiger partial charge < -0.3 is 15.0 Å². The second-order valence-electron chi connectivity index (χ2n) is 4.65. The number of aryl methyl sites for hydroxylation is 2. The van der Waals surface area contributed by atoms with E-state index in [1.165, 1.54) is 35.0 Å². The predicted molar refractivity (Wildman–Crippen MR) is 77.8 cm³/mol. The van der Waals surface area contributed by atoms with Gasteiger partial charge in [-0.25, -0.2) is 4.79 Å². The molecule has 0 bridgehead atoms. The van der Waals surface area contributed by atoms with E-state index in [0.29, 0.717) is 5.69 Å². The largest absolute Gasteiger partial charge is 0.478 e. The summed E-state index contributed by atoms with van der Waals surface area (Å²) in [6.07, 6.45) is 1.50. The van der Waals surface area contributed by atoms with Crippen LogP contribution in [0.3, 0.4) is 0 Å². The van der Waals surface area contributed by atoms with Gasteiger partial charge in [0, 0.05) is 30.6 Å². The fourth-order valence-electron chi connectivity index (χ4n) is 1.77. The molecule has 1 aromatic carbocycles. The zero-order valence-corrected chi connectivity index (χ0v) is 11.6. The van der Waals surface area contributed by atoms with Crippen molar-refractivity contribution in [3.8, 4) is 0 Å². The van der Waals surface area contributed by atoms with Crippen molar-refractivity contribution in [2.45, 2.75) is 6.92 Å². The van der Waals surface area contributed by atoms with Crippen LogP contribution in [0.1, 0.15) is 26.3 Å². The molecular formula is C15H14N2O4. The van der Waals surface area contributed by atoms with E-state index in [9.17, 15) is 14.4 Å². The molecule has 0 saturated heterocycles. The molecule has 108 valence electrons. The Morgan fingerprint density at radius 2 is 1.86 bits per heavy atom. The number of aromatic nitrogens is 1. The number of amides is 1. The number of aromatic carboxylic acids is 1. The fourth-order valence-corrected chi connectivity index (χ4v) is 1.77. The predicted octanol–water partition coefficient (Wildman–Crippen LogP) is 1.64. The standard InChI is InChI=1S/C15H14N2O4/c1-9-3-4-11(15(20)21)7-12(9)16-14(19)10-5-6-17(2)13(18)8-10/h3-8H,1-2H3,(H,16,19)(H,20,21). The molecule has 21 heavy (non-hydrogen) atoms. The highest BCUT2D eigenvalue weighted by Gasteiger charge is 2.11. The number of carbonyl (C=O) groups is 2. The van der Waals surface area contributed by atoms with E-state index < -0.39 is 11.9 Å². The molecule has 0 unspecified atom stereocenters. The average molecular weight is 286 g/mol. The summed E-state index contributed by atoms with van der Waals surface area (Å²) in [5.74, 6) is -1.53. The number of hydrogen-bond acceptors (Lipinski definition) is 3. The summed E-state index contributed by atoms with van der Waals surface area (Å²) in [6, 6.07) is 7.21. The first-order chi connectivity index (χ1) is 9.88. The van der Waals surface area contributed by atoms with Crippen molar-refractivity contribution in [3.05, 3.63) is 63.6 Å². The average Bonchev–Trinajstić information content (AvgIpc) is 2.43. The summed E-state index contributed by atoms with van der Waals surface area (Å²) in [7, 11) is 1.59. The van der Waals surface area contributed by atoms with Crippen molar-refractivity contribution in [3.63, 3.8) is 0 Å². The Morgan fingerprint density at radius 1 is 1.14 bits per heavy atom. The Hall–Kier alpha value is -2.89. The molecule has 1 heterocycles. The molecule has 0 saturated carbocycles. The molecule has 2 N–H and O–H groups in total. The Morgan fingerprint density at radius 3 is 2.48 bits per heavy atom. The van der Waals surface area contributed by atoms with Crippen LogP contribution in [0.15, 0.2) is 41.3 Å². The summed E-state index contributed by atoms with van der Waals surface area (Å²) in [4.78, 5) is 34.6. The maximum absolute atomic E-state index is 12.1. The molecule has 2 rings (SSSR count). The van der Waals surface area contributed by atoms with E-state index in [2.05, 4.69) is 5.32 Å². The van der Waals surface area contributed by atoms with Gasteiger partial charge in [0.1, 0.15) is 0 Å². The second-order valence-corrected chi connectivity index (χ2v) is 4.65. The number of anilines is 1. The number of benzene rings is 1. The van der Waals surface area contributed by atoms with Crippen molar-refractivity contribution in [1.82, 2.24) is 4.57 Å². The maximum Gasteiger partial charge on any atom is 0.335 e. The van der Waals surface area contributed by atoms with Gasteiger partial charge in [0.25, 0.3) is 11.5 Å². The van der Waals surface area contributed by atoms with Gasteiger partial charge in [-0.3, -0.25) is 9.59 Å². The summed E-state index contributed by atoms with van der Waals surface area (Å²) in [5, 5.41) is 11.6. The van der Waals surface area contributed by atoms with Crippen molar-refractivity contribution in [1.29, 1.82) is 0 Å². The first-order valence-corrected chi connectivity index (χ1v) is 6.20. The van der Waals surface area contributed by atoms with Gasteiger partial charge in [-0.05, 0) is 30.7 Å². The smallest absolute Gasteiger partial charge is 0.335 e. The van der Waals surface area contributed by atoms with Gasteiger partial charge in [-0.15, -0.1) is 0 Å². The van der Waals surface area contributed by atoms with Crippen LogP contribution in [0, 0.1) is 6.92 Å². The number of nitrogens with zero attached hydrogens (tertiary/aromatic N) is 1. The Labute approximate surface area is 120 Å². The minimum atomic E-state index is -1.07. The molecule has 0 atom stereocenters. The molecule has 6 heteroatoms. The number of nitrogens with one attached hydrogen (secondary N) is 1. The van der Waals surface area contributed by atoms with Gasteiger partial charge in [0.2, 0.25) is 0 Å². The Kier molecular flexibility index (Phi) is 3.89. The van der Waals surface area contributed by atoms with Crippen molar-refractivity contribution >= 4 is 17.6 Å². The molecule has 0 aliphatic carbocycles. The highest BCUT2D eigenvalue weighted by molar-refractivity contribution is 6.05. The number of hydrogen-bond donors (Lipinski definition) is 2. The van der Waals surface area contributed by atoms with Crippen molar-refractivity contribution < 1.29 is 14.7 Å². The van der Waals surface area contributed by atoms with Crippen molar-refractivity contribution in [2.24, 2.45) is 7.05 Å². The fraction of sp³-hybridized carbons (Fsp3) is 0.133. The first-order valence-electron chi connectivity index (χ1n) is 6.20. The van der Waals surface area contributed by atoms with E-state index in [1.54, 1.807) is 20.0 Å². The monoisotopic (exact) mass is 286 g/mol. The van der Waals surface area contributed by atoms with Crippen molar-refractivity contribution in [2.75, 3.05) is 5.32 Å². The van der Waals surface area contributed by atoms with E-state index in [4.69, 9.17) is 5.11 Å². The van der Waals surface area contributed by atoms with Crippen LogP contribution >= 0.6 is 0 Å². The lowest BCUT2D eigenvalue weighted by Gasteiger charge is -2.09. The van der Waals surface area contributed by atoms with E-state index in [-0.39, 0.29) is 16.7 Å². The zero-order valence-electron chi connectivity index (χ0n) is 11.6. The number of carbonyl (C=O) groups excluding carboxylic acids is 1. The molecule has 0 spiro atoms. The zero-order chi connectivity index (χ0) is 15.6. The Balaban J connectivity index is 2.30. The van der Waals surface area contributed by atoms with E-state index >= 15 is 0 Å². The molecule has 0 fully saturated rings. The molecular weight excluding hydrogens is 272 g/mol. The molecule has 0 aliphatic rings. The minimum absolute atomic E-state index is 0.0832. The number of carboxylic acid groups (broad SMARTS) is 1. The number of pyridine rings is 1. The van der Waals surface area contributed by atoms with Crippen LogP contribution in [0.5, 0.6) is 0 Å². The lowest BCUT2D eigenvalue weighted by Crippen LogP contribution is -2.20. The first kappa shape index (κ1) is 14.5. The molecule has 0 radical (unpaired) electrons. The number of rotatable bonds is 3. The van der Waals surface area contributed by atoms with Crippen LogP contribution in [0.2, 0.25) is 0 Å². The lowest BCUT2D eigenvalue weighted by molar-refractivity contribution is 0.0696. The topological polar surface area (TPSA) is 88.4 Å². The number of carboxylic acids is 1. The maximum atomic E-state index is 12.1. The minimum Gasteiger partial charge on any atom is -0.478 e. The molecule has 6 nitrogen and oxygen atoms in total. The van der Waals surface area contributed by atoms with Gasteiger partial charge >= 0.3 is 5.97 Å². The van der Waals surface area contributed by atoms with Gasteiger partial charge in [-0.1, -0.05) is 6.07 Å². The summed E-state index contributed by atoms with van der Waals surface area (Å²) in [6.45, 7) is 1.76. The third-order valence-electron chi connectivity index (χ3n) is 3.10. The van der Waals surface area contributed by atoms with Crippen LogP contribution < -0.4 is 10.9 Å². The van der Waals surface area contributed by atoms with Crippen LogP contribution in [0.25, 0.3) is 0 Å². The summed E-state index contributed by atoms with van der Waals surface area (Å²) < 4.78 is 1.35. The molecule has 1 amide bonds. The third kappa shape index (κ3) is 3.17. The normalized spacial score (nSPS) is 10.2. The molecule has 0 aliphatic heterocycles. The van der Waals surface area contributed by atoms with Gasteiger partial charge in [0.05, 0.1) is 5.56 Å². The van der Waals surface area contributed by atoms with E-state index in [0.717, 1.165) is 5.56 Å². The molecule has 2 aromatic rings. The third-order valence-corrected chi connectivity index (χ3v) is 3.10. The quantitative estimate of drug-likeness (QED) is 0.897. The van der Waals surface area contributed by atoms with E-state index in [1.807, 2.05) is 0 Å². The highest BCUT2D eigenvalue weighted by Crippen LogP contribution is 2.17. The molecule has 1 aromatic heterocycles. The van der Waals surface area contributed by atoms with Crippen LogP contribution in [-0.4, -0.2) is 21.6 Å². The van der Waals surface area contributed by atoms with Crippen LogP contribution in [-0.2, 0) is 7.05 Å². The summed E-state index contributed by atoms with van der Waals surface area (Å²) in [5.41, 5.74) is 1.15. The SMILES string of the molecule is Cc1ccc(C(=O)O)cc1NC(=O)c1ccn(C)c(=O)c1. The Bertz CT molecular complexity index is 777. The van der Waals surface area contributed by atoms with Gasteiger partial charge in [0.15, 0.2) is 0 Å². The van der Waals surface area contributed by atoms with Gasteiger partial charge in [-0.2, -0.15) is 0 Å².